The summed E-state index contributed by atoms with van der Waals surface area (Å²) in [5, 5.41) is 14.2. The Bertz CT molecular complexity index is 1710. The van der Waals surface area contributed by atoms with Gasteiger partial charge in [0.1, 0.15) is 35.6 Å². The van der Waals surface area contributed by atoms with Crippen LogP contribution in [-0.4, -0.2) is 87.7 Å². The summed E-state index contributed by atoms with van der Waals surface area (Å²) in [6.07, 6.45) is 4.33. The van der Waals surface area contributed by atoms with Crippen molar-refractivity contribution < 1.29 is 28.2 Å². The van der Waals surface area contributed by atoms with Crippen molar-refractivity contribution in [1.29, 1.82) is 0 Å². The van der Waals surface area contributed by atoms with Crippen LogP contribution in [0.5, 0.6) is 11.8 Å². The molecule has 9 rings (SSSR count). The minimum absolute atomic E-state index is 0.00704. The molecule has 5 aliphatic heterocycles. The van der Waals surface area contributed by atoms with Crippen LogP contribution in [0.25, 0.3) is 22.2 Å². The highest BCUT2D eigenvalue weighted by atomic mass is 35.5. The first-order valence-electron chi connectivity index (χ1n) is 15.7. The molecule has 45 heavy (non-hydrogen) atoms. The second-order valence-electron chi connectivity index (χ2n) is 13.6. The SMILES string of the molecule is C[C@@]12CCN(C1)c1nc(OC[C@@]34CCCN3C[C@H](F)C4)nc3c(F)c(ncc13)-c1cc(O)cc(Cl)c1[C@H]1C[C@H]1CCOC(=O)N2. The highest BCUT2D eigenvalue weighted by Gasteiger charge is 2.49. The number of hydrogen-bond donors (Lipinski definition) is 2. The number of aromatic hydroxyl groups is 1. The first kappa shape index (κ1) is 28.9. The van der Waals surface area contributed by atoms with Gasteiger partial charge in [-0.1, -0.05) is 11.6 Å². The summed E-state index contributed by atoms with van der Waals surface area (Å²) in [5.41, 5.74) is 0.100. The molecule has 6 aliphatic rings. The molecule has 1 amide bonds. The van der Waals surface area contributed by atoms with Crippen molar-refractivity contribution in [2.45, 2.75) is 68.6 Å². The van der Waals surface area contributed by atoms with Crippen LogP contribution in [0.15, 0.2) is 18.3 Å². The van der Waals surface area contributed by atoms with E-state index in [0.29, 0.717) is 66.3 Å². The number of rotatable bonds is 3. The Morgan fingerprint density at radius 3 is 3.00 bits per heavy atom. The van der Waals surface area contributed by atoms with E-state index in [1.54, 1.807) is 6.20 Å². The number of anilines is 1. The van der Waals surface area contributed by atoms with Crippen LogP contribution >= 0.6 is 11.6 Å². The number of halogens is 3. The topological polar surface area (TPSA) is 113 Å². The molecule has 1 aliphatic carbocycles. The number of alkyl halides is 1. The number of hydrogen-bond acceptors (Lipinski definition) is 9. The number of benzene rings is 1. The van der Waals surface area contributed by atoms with Crippen molar-refractivity contribution in [2.75, 3.05) is 44.3 Å². The first-order chi connectivity index (χ1) is 21.6. The second kappa shape index (κ2) is 10.5. The Hall–Kier alpha value is -3.51. The molecule has 5 atom stereocenters. The first-order valence-corrected chi connectivity index (χ1v) is 16.1. The zero-order chi connectivity index (χ0) is 31.1. The zero-order valence-corrected chi connectivity index (χ0v) is 25.7. The molecule has 4 fully saturated rings. The fourth-order valence-electron chi connectivity index (χ4n) is 8.09. The van der Waals surface area contributed by atoms with Gasteiger partial charge in [-0.3, -0.25) is 9.88 Å². The number of carbonyl (C=O) groups excluding carboxylic acids is 1. The van der Waals surface area contributed by atoms with E-state index < -0.39 is 29.2 Å². The monoisotopic (exact) mass is 640 g/mol. The van der Waals surface area contributed by atoms with Crippen LogP contribution in [0.4, 0.5) is 19.4 Å². The molecule has 0 spiro atoms. The van der Waals surface area contributed by atoms with Crippen LogP contribution < -0.4 is 15.0 Å². The molecular formula is C32H35ClF2N6O4. The van der Waals surface area contributed by atoms with Crippen molar-refractivity contribution in [3.05, 3.63) is 34.7 Å². The normalized spacial score (nSPS) is 31.0. The number of ether oxygens (including phenoxy) is 2. The number of pyridine rings is 1. The highest BCUT2D eigenvalue weighted by molar-refractivity contribution is 6.32. The summed E-state index contributed by atoms with van der Waals surface area (Å²) in [6, 6.07) is 2.93. The Balaban J connectivity index is 1.26. The lowest BCUT2D eigenvalue weighted by molar-refractivity contribution is 0.107. The number of nitrogens with zero attached hydrogens (tertiary/aromatic N) is 5. The Morgan fingerprint density at radius 2 is 2.13 bits per heavy atom. The molecule has 1 saturated carbocycles. The molecule has 3 aromatic rings. The maximum Gasteiger partial charge on any atom is 0.407 e. The molecule has 2 N–H and O–H groups in total. The minimum atomic E-state index is -0.917. The summed E-state index contributed by atoms with van der Waals surface area (Å²) < 4.78 is 43.0. The molecule has 238 valence electrons. The Morgan fingerprint density at radius 1 is 1.27 bits per heavy atom. The van der Waals surface area contributed by atoms with Gasteiger partial charge in [-0.15, -0.1) is 0 Å². The average molecular weight is 641 g/mol. The van der Waals surface area contributed by atoms with Crippen LogP contribution in [0.1, 0.15) is 56.9 Å². The maximum absolute atomic E-state index is 16.8. The summed E-state index contributed by atoms with van der Waals surface area (Å²) in [6.45, 7) is 4.51. The Labute approximate surface area is 264 Å². The van der Waals surface area contributed by atoms with Gasteiger partial charge < -0.3 is 24.8 Å². The average Bonchev–Trinajstić information content (AvgIpc) is 3.28. The maximum atomic E-state index is 16.8. The van der Waals surface area contributed by atoms with E-state index in [9.17, 15) is 14.3 Å². The van der Waals surface area contributed by atoms with Crippen molar-refractivity contribution in [3.63, 3.8) is 0 Å². The van der Waals surface area contributed by atoms with Crippen molar-refractivity contribution in [2.24, 2.45) is 5.92 Å². The summed E-state index contributed by atoms with van der Waals surface area (Å²) >= 11 is 6.67. The molecule has 13 heteroatoms. The lowest BCUT2D eigenvalue weighted by Gasteiger charge is -2.31. The summed E-state index contributed by atoms with van der Waals surface area (Å²) in [4.78, 5) is 30.8. The predicted molar refractivity (Wildman–Crippen MR) is 163 cm³/mol. The van der Waals surface area contributed by atoms with Crippen LogP contribution in [-0.2, 0) is 4.74 Å². The van der Waals surface area contributed by atoms with Crippen molar-refractivity contribution in [1.82, 2.24) is 25.2 Å². The number of phenolic OH excluding ortho intramolecular Hbond substituents is 1. The van der Waals surface area contributed by atoms with Crippen molar-refractivity contribution >= 4 is 34.4 Å². The molecule has 0 unspecified atom stereocenters. The van der Waals surface area contributed by atoms with E-state index in [0.717, 1.165) is 25.8 Å². The third-order valence-electron chi connectivity index (χ3n) is 10.4. The molecular weight excluding hydrogens is 606 g/mol. The van der Waals surface area contributed by atoms with Gasteiger partial charge in [0.15, 0.2) is 5.82 Å². The number of amides is 1. The van der Waals surface area contributed by atoms with E-state index in [-0.39, 0.29) is 48.0 Å². The number of carbonyl (C=O) groups is 1. The second-order valence-corrected chi connectivity index (χ2v) is 14.1. The standard InChI is InChI=1S/C32H35ClF2N6O4/c1-31-5-7-40(15-31)28-22-13-36-26(21-10-19(42)11-23(33)24(21)20-9-17(20)3-8-44-30(43)39-31)25(35)27(22)37-29(38-28)45-16-32-4-2-6-41(32)14-18(34)12-32/h10-11,13,17-18,20,42H,2-9,12,14-16H2,1H3,(H,39,43)/t17-,18-,20+,31-,32+/m1/s1. The lowest BCUT2D eigenvalue weighted by atomic mass is 9.95. The summed E-state index contributed by atoms with van der Waals surface area (Å²) in [5.74, 6) is -0.169. The molecule has 2 aromatic heterocycles. The van der Waals surface area contributed by atoms with E-state index >= 15 is 4.39 Å². The van der Waals surface area contributed by atoms with E-state index in [4.69, 9.17) is 26.1 Å². The van der Waals surface area contributed by atoms with E-state index in [1.807, 2.05) is 11.8 Å². The number of alkyl carbamates (subject to hydrolysis) is 1. The minimum Gasteiger partial charge on any atom is -0.508 e. The van der Waals surface area contributed by atoms with Gasteiger partial charge in [-0.25, -0.2) is 13.6 Å². The van der Waals surface area contributed by atoms with Gasteiger partial charge in [0, 0.05) is 42.8 Å². The number of aromatic nitrogens is 3. The smallest absolute Gasteiger partial charge is 0.407 e. The number of phenols is 1. The lowest BCUT2D eigenvalue weighted by Crippen LogP contribution is -2.48. The Kier molecular flexibility index (Phi) is 6.76. The number of nitrogens with one attached hydrogen (secondary N) is 1. The van der Waals surface area contributed by atoms with E-state index in [2.05, 4.69) is 20.2 Å². The van der Waals surface area contributed by atoms with Gasteiger partial charge in [-0.05, 0) is 75.1 Å². The molecule has 3 saturated heterocycles. The van der Waals surface area contributed by atoms with E-state index in [1.165, 1.54) is 12.1 Å². The number of fused-ring (bicyclic) bond motifs is 6. The highest BCUT2D eigenvalue weighted by Crippen LogP contribution is 2.55. The molecule has 10 nitrogen and oxygen atoms in total. The third-order valence-corrected chi connectivity index (χ3v) is 10.7. The fraction of sp³-hybridized carbons (Fsp3) is 0.562. The molecule has 0 radical (unpaired) electrons. The molecule has 6 bridgehead atoms. The largest absolute Gasteiger partial charge is 0.508 e. The molecule has 7 heterocycles. The zero-order valence-electron chi connectivity index (χ0n) is 25.0. The van der Waals surface area contributed by atoms with Gasteiger partial charge in [-0.2, -0.15) is 9.97 Å². The van der Waals surface area contributed by atoms with Crippen molar-refractivity contribution in [3.8, 4) is 23.0 Å². The van der Waals surface area contributed by atoms with Gasteiger partial charge in [0.05, 0.1) is 23.1 Å². The van der Waals surface area contributed by atoms with Gasteiger partial charge in [0.25, 0.3) is 0 Å². The van der Waals surface area contributed by atoms with Crippen LogP contribution in [0.2, 0.25) is 5.02 Å². The van der Waals surface area contributed by atoms with Crippen LogP contribution in [0, 0.1) is 11.7 Å². The quantitative estimate of drug-likeness (QED) is 0.391. The summed E-state index contributed by atoms with van der Waals surface area (Å²) in [7, 11) is 0. The van der Waals surface area contributed by atoms with Gasteiger partial charge >= 0.3 is 12.1 Å². The van der Waals surface area contributed by atoms with Gasteiger partial charge in [0.2, 0.25) is 0 Å². The van der Waals surface area contributed by atoms with Crippen LogP contribution in [0.3, 0.4) is 0 Å². The third kappa shape index (κ3) is 5.00. The molecule has 1 aromatic carbocycles. The predicted octanol–water partition coefficient (Wildman–Crippen LogP) is 5.35. The fourth-order valence-corrected chi connectivity index (χ4v) is 8.44.